The maximum atomic E-state index is 11.1. The summed E-state index contributed by atoms with van der Waals surface area (Å²) in [4.78, 5) is 21.8. The normalized spacial score (nSPS) is 23.6. The van der Waals surface area contributed by atoms with E-state index in [1.165, 1.54) is 0 Å². The molecule has 13 heavy (non-hydrogen) atoms. The smallest absolute Gasteiger partial charge is 0.320 e. The van der Waals surface area contributed by atoms with E-state index in [2.05, 4.69) is 11.7 Å². The van der Waals surface area contributed by atoms with Crippen LogP contribution in [0.4, 0.5) is 0 Å². The van der Waals surface area contributed by atoms with Crippen LogP contribution in [0.2, 0.25) is 0 Å². The van der Waals surface area contributed by atoms with Crippen molar-refractivity contribution in [3.8, 4) is 0 Å². The van der Waals surface area contributed by atoms with Crippen molar-refractivity contribution >= 4 is 11.9 Å². The highest BCUT2D eigenvalue weighted by atomic mass is 16.6. The first-order valence-corrected chi connectivity index (χ1v) is 4.65. The van der Waals surface area contributed by atoms with Gasteiger partial charge in [0.2, 0.25) is 0 Å². The van der Waals surface area contributed by atoms with Gasteiger partial charge in [0.25, 0.3) is 0 Å². The number of cyclic esters (lactones) is 2. The summed E-state index contributed by atoms with van der Waals surface area (Å²) < 4.78 is 4.50. The largest absolute Gasteiger partial charge is 0.393 e. The van der Waals surface area contributed by atoms with E-state index < -0.39 is 11.9 Å². The molecule has 3 nitrogen and oxygen atoms in total. The highest BCUT2D eigenvalue weighted by Gasteiger charge is 2.26. The molecule has 1 atom stereocenters. The number of rotatable bonds is 3. The van der Waals surface area contributed by atoms with Gasteiger partial charge >= 0.3 is 11.9 Å². The number of allylic oxidation sites excluding steroid dienone is 1. The Morgan fingerprint density at radius 2 is 2.31 bits per heavy atom. The predicted molar refractivity (Wildman–Crippen MR) is 47.9 cm³/mol. The van der Waals surface area contributed by atoms with Gasteiger partial charge in [-0.05, 0) is 12.8 Å². The molecule has 1 heterocycles. The lowest BCUT2D eigenvalue weighted by molar-refractivity contribution is -0.165. The summed E-state index contributed by atoms with van der Waals surface area (Å²) in [6.07, 6.45) is 6.81. The van der Waals surface area contributed by atoms with Gasteiger partial charge in [-0.1, -0.05) is 25.5 Å². The second-order valence-corrected chi connectivity index (χ2v) is 3.16. The Morgan fingerprint density at radius 1 is 1.54 bits per heavy atom. The van der Waals surface area contributed by atoms with Crippen LogP contribution in [0, 0.1) is 5.92 Å². The molecule has 1 unspecified atom stereocenters. The molecule has 0 N–H and O–H groups in total. The molecule has 0 aromatic carbocycles. The van der Waals surface area contributed by atoms with Crippen LogP contribution in [-0.2, 0) is 14.3 Å². The fourth-order valence-corrected chi connectivity index (χ4v) is 1.23. The van der Waals surface area contributed by atoms with Gasteiger partial charge in [0.1, 0.15) is 0 Å². The van der Waals surface area contributed by atoms with Gasteiger partial charge < -0.3 is 4.74 Å². The number of carbonyl (C=O) groups excluding carboxylic acids is 2. The fraction of sp³-hybridized carbons (Fsp3) is 0.600. The maximum Gasteiger partial charge on any atom is 0.320 e. The third kappa shape index (κ3) is 3.01. The molecule has 0 radical (unpaired) electrons. The Morgan fingerprint density at radius 3 is 2.92 bits per heavy atom. The Kier molecular flexibility index (Phi) is 3.68. The Balaban J connectivity index is 2.42. The summed E-state index contributed by atoms with van der Waals surface area (Å²) in [5, 5.41) is 0. The lowest BCUT2D eigenvalue weighted by Gasteiger charge is -2.15. The molecule has 1 rings (SSSR count). The third-order valence-electron chi connectivity index (χ3n) is 2.00. The number of unbranched alkanes of at least 4 members (excludes halogenated alkanes) is 1. The number of ether oxygens (including phenoxy) is 1. The molecule has 0 spiro atoms. The second-order valence-electron chi connectivity index (χ2n) is 3.16. The third-order valence-corrected chi connectivity index (χ3v) is 2.00. The minimum Gasteiger partial charge on any atom is -0.393 e. The zero-order chi connectivity index (χ0) is 9.68. The first-order chi connectivity index (χ1) is 6.24. The number of carbonyl (C=O) groups is 2. The lowest BCUT2D eigenvalue weighted by atomic mass is 10.0. The molecule has 0 aromatic rings. The molecule has 1 aliphatic rings. The van der Waals surface area contributed by atoms with Crippen LogP contribution >= 0.6 is 0 Å². The van der Waals surface area contributed by atoms with E-state index in [0.717, 1.165) is 12.8 Å². The SMILES string of the molecule is CCCC=CC1CCC(=O)OC1=O. The van der Waals surface area contributed by atoms with Crippen LogP contribution in [0.15, 0.2) is 12.2 Å². The average Bonchev–Trinajstić information content (AvgIpc) is 2.09. The summed E-state index contributed by atoms with van der Waals surface area (Å²) in [6, 6.07) is 0. The highest BCUT2D eigenvalue weighted by molar-refractivity contribution is 5.90. The molecule has 0 aromatic heterocycles. The van der Waals surface area contributed by atoms with E-state index in [1.807, 2.05) is 12.2 Å². The van der Waals surface area contributed by atoms with Crippen molar-refractivity contribution in [3.05, 3.63) is 12.2 Å². The van der Waals surface area contributed by atoms with Gasteiger partial charge in [-0.3, -0.25) is 9.59 Å². The van der Waals surface area contributed by atoms with Crippen molar-refractivity contribution in [1.82, 2.24) is 0 Å². The molecule has 1 saturated heterocycles. The van der Waals surface area contributed by atoms with Gasteiger partial charge in [0.15, 0.2) is 0 Å². The molecule has 1 fully saturated rings. The molecule has 0 saturated carbocycles. The highest BCUT2D eigenvalue weighted by Crippen LogP contribution is 2.17. The van der Waals surface area contributed by atoms with Gasteiger partial charge in [0, 0.05) is 6.42 Å². The van der Waals surface area contributed by atoms with E-state index in [-0.39, 0.29) is 5.92 Å². The minimum atomic E-state index is -0.399. The summed E-state index contributed by atoms with van der Waals surface area (Å²) in [6.45, 7) is 2.08. The Bertz CT molecular complexity index is 230. The summed E-state index contributed by atoms with van der Waals surface area (Å²) in [7, 11) is 0. The molecule has 72 valence electrons. The molecule has 0 bridgehead atoms. The zero-order valence-electron chi connectivity index (χ0n) is 7.79. The van der Waals surface area contributed by atoms with E-state index in [0.29, 0.717) is 12.8 Å². The molecule has 1 aliphatic heterocycles. The average molecular weight is 182 g/mol. The van der Waals surface area contributed by atoms with Crippen molar-refractivity contribution in [2.24, 2.45) is 5.92 Å². The van der Waals surface area contributed by atoms with Crippen molar-refractivity contribution in [1.29, 1.82) is 0 Å². The molecule has 0 amide bonds. The van der Waals surface area contributed by atoms with Crippen molar-refractivity contribution in [3.63, 3.8) is 0 Å². The molecule has 3 heteroatoms. The Hall–Kier alpha value is -1.12. The van der Waals surface area contributed by atoms with E-state index in [9.17, 15) is 9.59 Å². The minimum absolute atomic E-state index is 0.204. The monoisotopic (exact) mass is 182 g/mol. The first kappa shape index (κ1) is 9.96. The van der Waals surface area contributed by atoms with Crippen LogP contribution in [0.25, 0.3) is 0 Å². The van der Waals surface area contributed by atoms with Crippen molar-refractivity contribution < 1.29 is 14.3 Å². The number of hydrogen-bond acceptors (Lipinski definition) is 3. The number of hydrogen-bond donors (Lipinski definition) is 0. The summed E-state index contributed by atoms with van der Waals surface area (Å²) in [5.41, 5.74) is 0. The number of esters is 2. The Labute approximate surface area is 77.8 Å². The van der Waals surface area contributed by atoms with Crippen LogP contribution in [0.3, 0.4) is 0 Å². The van der Waals surface area contributed by atoms with Crippen LogP contribution in [0.5, 0.6) is 0 Å². The van der Waals surface area contributed by atoms with E-state index >= 15 is 0 Å². The standard InChI is InChI=1S/C10H14O3/c1-2-3-4-5-8-6-7-9(11)13-10(8)12/h4-5,8H,2-3,6-7H2,1H3. The van der Waals surface area contributed by atoms with Crippen molar-refractivity contribution in [2.75, 3.05) is 0 Å². The van der Waals surface area contributed by atoms with E-state index in [1.54, 1.807) is 0 Å². The second kappa shape index (κ2) is 4.80. The van der Waals surface area contributed by atoms with Gasteiger partial charge in [-0.25, -0.2) is 0 Å². The molecular weight excluding hydrogens is 168 g/mol. The van der Waals surface area contributed by atoms with Gasteiger partial charge in [-0.15, -0.1) is 0 Å². The van der Waals surface area contributed by atoms with Gasteiger partial charge in [-0.2, -0.15) is 0 Å². The summed E-state index contributed by atoms with van der Waals surface area (Å²) >= 11 is 0. The fourth-order valence-electron chi connectivity index (χ4n) is 1.23. The summed E-state index contributed by atoms with van der Waals surface area (Å²) in [5.74, 6) is -1.00. The predicted octanol–water partition coefficient (Wildman–Crippen LogP) is 1.82. The topological polar surface area (TPSA) is 43.4 Å². The zero-order valence-corrected chi connectivity index (χ0v) is 7.79. The molecule has 0 aliphatic carbocycles. The van der Waals surface area contributed by atoms with Crippen molar-refractivity contribution in [2.45, 2.75) is 32.6 Å². The van der Waals surface area contributed by atoms with Gasteiger partial charge in [0.05, 0.1) is 5.92 Å². The lowest BCUT2D eigenvalue weighted by Crippen LogP contribution is -2.26. The van der Waals surface area contributed by atoms with E-state index in [4.69, 9.17) is 0 Å². The first-order valence-electron chi connectivity index (χ1n) is 4.65. The molecular formula is C10H14O3. The maximum absolute atomic E-state index is 11.1. The van der Waals surface area contributed by atoms with Crippen LogP contribution in [0.1, 0.15) is 32.6 Å². The van der Waals surface area contributed by atoms with Crippen LogP contribution < -0.4 is 0 Å². The quantitative estimate of drug-likeness (QED) is 0.380. The van der Waals surface area contributed by atoms with Crippen LogP contribution in [-0.4, -0.2) is 11.9 Å².